The number of aromatic nitrogens is 2. The van der Waals surface area contributed by atoms with Gasteiger partial charge in [0.1, 0.15) is 0 Å². The molecule has 0 atom stereocenters. The summed E-state index contributed by atoms with van der Waals surface area (Å²) >= 11 is 3.36. The molecule has 6 heteroatoms. The van der Waals surface area contributed by atoms with Crippen LogP contribution in [0.25, 0.3) is 11.4 Å². The van der Waals surface area contributed by atoms with Crippen molar-refractivity contribution in [2.75, 3.05) is 7.11 Å². The largest absolute Gasteiger partial charge is 0.462 e. The van der Waals surface area contributed by atoms with E-state index in [1.54, 1.807) is 0 Å². The van der Waals surface area contributed by atoms with Crippen molar-refractivity contribution in [3.8, 4) is 11.4 Å². The maximum Gasteiger partial charge on any atom is 0.397 e. The molecular weight excluding hydrogens is 276 g/mol. The van der Waals surface area contributed by atoms with Crippen molar-refractivity contribution < 1.29 is 14.1 Å². The third-order valence-electron chi connectivity index (χ3n) is 1.90. The second-order valence-corrected chi connectivity index (χ2v) is 3.75. The summed E-state index contributed by atoms with van der Waals surface area (Å²) in [5.41, 5.74) is 0.751. The average molecular weight is 283 g/mol. The molecule has 0 spiro atoms. The number of halogens is 1. The van der Waals surface area contributed by atoms with Crippen molar-refractivity contribution in [1.82, 2.24) is 10.1 Å². The van der Waals surface area contributed by atoms with Gasteiger partial charge in [0.2, 0.25) is 5.82 Å². The molecule has 0 saturated carbocycles. The number of esters is 1. The van der Waals surface area contributed by atoms with Gasteiger partial charge in [-0.2, -0.15) is 4.98 Å². The molecule has 0 radical (unpaired) electrons. The van der Waals surface area contributed by atoms with E-state index in [1.165, 1.54) is 7.11 Å². The van der Waals surface area contributed by atoms with Crippen LogP contribution in [-0.4, -0.2) is 23.2 Å². The minimum Gasteiger partial charge on any atom is -0.462 e. The lowest BCUT2D eigenvalue weighted by Gasteiger charge is -1.96. The minimum absolute atomic E-state index is 0.159. The average Bonchev–Trinajstić information content (AvgIpc) is 2.78. The Kier molecular flexibility index (Phi) is 3.00. The molecular formula is C10H7BrN2O3. The number of carbonyl (C=O) groups excluding carboxylic acids is 1. The standard InChI is InChI=1S/C10H7BrN2O3/c1-15-10(14)9-12-8(13-16-9)6-4-2-3-5-7(6)11/h2-5H,1H3. The van der Waals surface area contributed by atoms with Crippen molar-refractivity contribution in [3.63, 3.8) is 0 Å². The first-order chi connectivity index (χ1) is 7.72. The number of carbonyl (C=O) groups is 1. The molecule has 82 valence electrons. The van der Waals surface area contributed by atoms with E-state index >= 15 is 0 Å². The van der Waals surface area contributed by atoms with Crippen LogP contribution < -0.4 is 0 Å². The van der Waals surface area contributed by atoms with Gasteiger partial charge in [0.05, 0.1) is 7.11 Å². The van der Waals surface area contributed by atoms with E-state index in [9.17, 15) is 4.79 Å². The summed E-state index contributed by atoms with van der Waals surface area (Å²) in [5.74, 6) is -0.466. The molecule has 2 aromatic rings. The number of rotatable bonds is 2. The van der Waals surface area contributed by atoms with Gasteiger partial charge in [-0.15, -0.1) is 0 Å². The topological polar surface area (TPSA) is 65.2 Å². The van der Waals surface area contributed by atoms with E-state index in [2.05, 4.69) is 30.8 Å². The van der Waals surface area contributed by atoms with Crippen LogP contribution in [0.2, 0.25) is 0 Å². The van der Waals surface area contributed by atoms with Gasteiger partial charge in [0.25, 0.3) is 0 Å². The Labute approximate surface area is 99.5 Å². The molecule has 1 aromatic heterocycles. The second-order valence-electron chi connectivity index (χ2n) is 2.89. The maximum atomic E-state index is 11.1. The second kappa shape index (κ2) is 4.44. The van der Waals surface area contributed by atoms with Crippen molar-refractivity contribution >= 4 is 21.9 Å². The van der Waals surface area contributed by atoms with E-state index in [0.29, 0.717) is 5.82 Å². The van der Waals surface area contributed by atoms with Gasteiger partial charge in [-0.25, -0.2) is 4.79 Å². The van der Waals surface area contributed by atoms with E-state index in [4.69, 9.17) is 4.52 Å². The molecule has 16 heavy (non-hydrogen) atoms. The number of ether oxygens (including phenoxy) is 1. The minimum atomic E-state index is -0.647. The summed E-state index contributed by atoms with van der Waals surface area (Å²) in [6.45, 7) is 0. The molecule has 0 bridgehead atoms. The summed E-state index contributed by atoms with van der Waals surface area (Å²) in [7, 11) is 1.25. The zero-order valence-electron chi connectivity index (χ0n) is 8.31. The highest BCUT2D eigenvalue weighted by atomic mass is 79.9. The maximum absolute atomic E-state index is 11.1. The Hall–Kier alpha value is -1.69. The van der Waals surface area contributed by atoms with Crippen molar-refractivity contribution in [3.05, 3.63) is 34.6 Å². The zero-order valence-corrected chi connectivity index (χ0v) is 9.89. The number of methoxy groups -OCH3 is 1. The Morgan fingerprint density at radius 1 is 1.44 bits per heavy atom. The number of hydrogen-bond donors (Lipinski definition) is 0. The van der Waals surface area contributed by atoms with Crippen LogP contribution in [0, 0.1) is 0 Å². The van der Waals surface area contributed by atoms with Gasteiger partial charge < -0.3 is 9.26 Å². The molecule has 0 unspecified atom stereocenters. The monoisotopic (exact) mass is 282 g/mol. The zero-order chi connectivity index (χ0) is 11.5. The van der Waals surface area contributed by atoms with Crippen molar-refractivity contribution in [2.24, 2.45) is 0 Å². The van der Waals surface area contributed by atoms with Crippen LogP contribution in [0.15, 0.2) is 33.3 Å². The molecule has 0 N–H and O–H groups in total. The lowest BCUT2D eigenvalue weighted by molar-refractivity contribution is 0.0545. The summed E-state index contributed by atoms with van der Waals surface area (Å²) < 4.78 is 10.1. The smallest absolute Gasteiger partial charge is 0.397 e. The molecule has 0 fully saturated rings. The summed E-state index contributed by atoms with van der Waals surface area (Å²) in [5, 5.41) is 3.70. The van der Waals surface area contributed by atoms with E-state index in [1.807, 2.05) is 24.3 Å². The molecule has 5 nitrogen and oxygen atoms in total. The number of hydrogen-bond acceptors (Lipinski definition) is 5. The van der Waals surface area contributed by atoms with Crippen LogP contribution >= 0.6 is 15.9 Å². The van der Waals surface area contributed by atoms with Crippen molar-refractivity contribution in [2.45, 2.75) is 0 Å². The lowest BCUT2D eigenvalue weighted by Crippen LogP contribution is -2.00. The highest BCUT2D eigenvalue weighted by molar-refractivity contribution is 9.10. The first-order valence-electron chi connectivity index (χ1n) is 4.39. The van der Waals surface area contributed by atoms with Gasteiger partial charge in [-0.05, 0) is 12.1 Å². The van der Waals surface area contributed by atoms with Gasteiger partial charge in [0.15, 0.2) is 0 Å². The van der Waals surface area contributed by atoms with Crippen LogP contribution in [0.1, 0.15) is 10.7 Å². The predicted molar refractivity (Wildman–Crippen MR) is 58.8 cm³/mol. The SMILES string of the molecule is COC(=O)c1nc(-c2ccccc2Br)no1. The fraction of sp³-hybridized carbons (Fsp3) is 0.100. The van der Waals surface area contributed by atoms with Gasteiger partial charge >= 0.3 is 11.9 Å². The number of nitrogens with zero attached hydrogens (tertiary/aromatic N) is 2. The van der Waals surface area contributed by atoms with Crippen LogP contribution in [-0.2, 0) is 4.74 Å². The molecule has 0 amide bonds. The molecule has 0 saturated heterocycles. The molecule has 1 aromatic carbocycles. The summed E-state index contributed by atoms with van der Waals surface area (Å²) in [6, 6.07) is 7.38. The van der Waals surface area contributed by atoms with Crippen LogP contribution in [0.4, 0.5) is 0 Å². The molecule has 1 heterocycles. The van der Waals surface area contributed by atoms with E-state index in [-0.39, 0.29) is 5.89 Å². The lowest BCUT2D eigenvalue weighted by atomic mass is 10.2. The normalized spacial score (nSPS) is 10.1. The third-order valence-corrected chi connectivity index (χ3v) is 2.59. The molecule has 0 aliphatic carbocycles. The van der Waals surface area contributed by atoms with Gasteiger partial charge in [0, 0.05) is 10.0 Å². The first-order valence-corrected chi connectivity index (χ1v) is 5.18. The fourth-order valence-corrected chi connectivity index (χ4v) is 1.61. The van der Waals surface area contributed by atoms with E-state index in [0.717, 1.165) is 10.0 Å². The highest BCUT2D eigenvalue weighted by Gasteiger charge is 2.17. The quantitative estimate of drug-likeness (QED) is 0.791. The highest BCUT2D eigenvalue weighted by Crippen LogP contribution is 2.25. The first kappa shape index (κ1) is 10.8. The summed E-state index contributed by atoms with van der Waals surface area (Å²) in [6.07, 6.45) is 0. The summed E-state index contributed by atoms with van der Waals surface area (Å²) in [4.78, 5) is 15.0. The van der Waals surface area contributed by atoms with Gasteiger partial charge in [-0.1, -0.05) is 33.2 Å². The van der Waals surface area contributed by atoms with Gasteiger partial charge in [-0.3, -0.25) is 0 Å². The van der Waals surface area contributed by atoms with E-state index < -0.39 is 5.97 Å². The Bertz CT molecular complexity index is 524. The number of benzene rings is 1. The van der Waals surface area contributed by atoms with Crippen molar-refractivity contribution in [1.29, 1.82) is 0 Å². The van der Waals surface area contributed by atoms with Crippen LogP contribution in [0.3, 0.4) is 0 Å². The van der Waals surface area contributed by atoms with Crippen LogP contribution in [0.5, 0.6) is 0 Å². The predicted octanol–water partition coefficient (Wildman–Crippen LogP) is 2.29. The Morgan fingerprint density at radius 3 is 2.88 bits per heavy atom. The fourth-order valence-electron chi connectivity index (χ4n) is 1.15. The molecule has 0 aliphatic heterocycles. The Morgan fingerprint density at radius 2 is 2.19 bits per heavy atom. The molecule has 0 aliphatic rings. The third kappa shape index (κ3) is 1.96. The molecule has 2 rings (SSSR count). The Balaban J connectivity index is 2.39.